The summed E-state index contributed by atoms with van der Waals surface area (Å²) in [6.07, 6.45) is 2.73. The molecule has 0 unspecified atom stereocenters. The van der Waals surface area contributed by atoms with Gasteiger partial charge in [0.05, 0.1) is 33.0 Å². The first-order valence-electron chi connectivity index (χ1n) is 7.60. The molecule has 2 rings (SSSR count). The number of hydrazone groups is 1. The Kier molecular flexibility index (Phi) is 8.22. The Balaban J connectivity index is 0.00000264. The molecular weight excluding hydrogens is 362 g/mol. The Hall–Kier alpha value is -1.44. The Morgan fingerprint density at radius 2 is 2.09 bits per heavy atom. The van der Waals surface area contributed by atoms with E-state index in [2.05, 4.69) is 17.6 Å². The van der Waals surface area contributed by atoms with Crippen molar-refractivity contribution in [2.75, 3.05) is 39.9 Å². The van der Waals surface area contributed by atoms with Crippen molar-refractivity contribution in [1.82, 2.24) is 5.43 Å². The smallest absolute Gasteiger partial charge is 0.240 e. The van der Waals surface area contributed by atoms with Gasteiger partial charge < -0.3 is 31.3 Å². The van der Waals surface area contributed by atoms with E-state index < -0.39 is 0 Å². The molecule has 0 bridgehead atoms. The Morgan fingerprint density at radius 3 is 2.78 bits per heavy atom. The van der Waals surface area contributed by atoms with Gasteiger partial charge in [-0.25, -0.2) is 5.43 Å². The summed E-state index contributed by atoms with van der Waals surface area (Å²) in [4.78, 5) is 11.7. The third-order valence-electron chi connectivity index (χ3n) is 3.98. The van der Waals surface area contributed by atoms with Gasteiger partial charge in [0, 0.05) is 18.4 Å². The van der Waals surface area contributed by atoms with Crippen LogP contribution in [0.5, 0.6) is 5.75 Å². The molecule has 23 heavy (non-hydrogen) atoms. The van der Waals surface area contributed by atoms with Crippen LogP contribution in [0.25, 0.3) is 0 Å². The van der Waals surface area contributed by atoms with Crippen LogP contribution < -0.4 is 22.4 Å². The summed E-state index contributed by atoms with van der Waals surface area (Å²) in [6.45, 7) is 4.58. The number of hydrogen-bond donors (Lipinski definition) is 2. The van der Waals surface area contributed by atoms with E-state index in [1.807, 2.05) is 0 Å². The quantitative estimate of drug-likeness (QED) is 0.341. The number of rotatable bonds is 6. The minimum atomic E-state index is -0.105. The molecule has 0 saturated carbocycles. The largest absolute Gasteiger partial charge is 1.00 e. The zero-order valence-corrected chi connectivity index (χ0v) is 15.0. The first-order valence-corrected chi connectivity index (χ1v) is 7.60. The van der Waals surface area contributed by atoms with E-state index in [0.29, 0.717) is 12.0 Å². The van der Waals surface area contributed by atoms with Crippen LogP contribution in [-0.4, -0.2) is 61.6 Å². The molecule has 0 radical (unpaired) electrons. The fraction of sp³-hybridized carbons (Fsp3) is 0.500. The van der Waals surface area contributed by atoms with E-state index in [9.17, 15) is 9.90 Å². The lowest BCUT2D eigenvalue weighted by Crippen LogP contribution is -3.00. The molecule has 1 aliphatic heterocycles. The molecule has 128 valence electrons. The Morgan fingerprint density at radius 1 is 1.39 bits per heavy atom. The summed E-state index contributed by atoms with van der Waals surface area (Å²) in [6, 6.07) is 6.85. The van der Waals surface area contributed by atoms with E-state index in [-0.39, 0.29) is 28.6 Å². The summed E-state index contributed by atoms with van der Waals surface area (Å²) >= 11 is 0. The Labute approximate surface area is 147 Å². The Bertz CT molecular complexity index is 531. The van der Waals surface area contributed by atoms with Crippen molar-refractivity contribution in [1.29, 1.82) is 0 Å². The van der Waals surface area contributed by atoms with Crippen molar-refractivity contribution in [2.24, 2.45) is 5.10 Å². The molecule has 7 heteroatoms. The second-order valence-electron chi connectivity index (χ2n) is 5.86. The summed E-state index contributed by atoms with van der Waals surface area (Å²) in [5, 5.41) is 13.4. The number of morpholine rings is 1. The number of phenolic OH excluding ortho intramolecular Hbond substituents is 1. The van der Waals surface area contributed by atoms with Gasteiger partial charge in [-0.2, -0.15) is 5.10 Å². The molecule has 0 aliphatic carbocycles. The lowest BCUT2D eigenvalue weighted by Gasteiger charge is -2.37. The number of halogens is 1. The number of nitrogens with one attached hydrogen (secondary N) is 1. The lowest BCUT2D eigenvalue weighted by molar-refractivity contribution is -0.917. The SMILES string of the molecule is C[N+]1(CCCC(=O)NN=Cc2ccccc2O)CCOCC1.[Br-]. The van der Waals surface area contributed by atoms with E-state index in [4.69, 9.17) is 4.74 Å². The maximum Gasteiger partial charge on any atom is 0.240 e. The molecule has 1 aliphatic rings. The average Bonchev–Trinajstić information content (AvgIpc) is 2.50. The monoisotopic (exact) mass is 385 g/mol. The van der Waals surface area contributed by atoms with Crippen molar-refractivity contribution >= 4 is 12.1 Å². The molecule has 1 aromatic rings. The molecule has 1 heterocycles. The summed E-state index contributed by atoms with van der Waals surface area (Å²) in [5.74, 6) is 0.0387. The number of quaternary nitrogens is 1. The molecule has 0 aromatic heterocycles. The molecular formula is C16H24BrN3O3. The third-order valence-corrected chi connectivity index (χ3v) is 3.98. The van der Waals surface area contributed by atoms with Crippen LogP contribution in [0.15, 0.2) is 29.4 Å². The van der Waals surface area contributed by atoms with Crippen molar-refractivity contribution < 1.29 is 36.1 Å². The number of likely N-dealkylation sites (N-methyl/N-ethyl adjacent to an activating group) is 1. The lowest BCUT2D eigenvalue weighted by atomic mass is 10.2. The van der Waals surface area contributed by atoms with Crippen LogP contribution in [0.1, 0.15) is 18.4 Å². The molecule has 1 fully saturated rings. The van der Waals surface area contributed by atoms with Crippen molar-refractivity contribution in [2.45, 2.75) is 12.8 Å². The van der Waals surface area contributed by atoms with Gasteiger partial charge in [0.15, 0.2) is 0 Å². The number of ether oxygens (including phenoxy) is 1. The fourth-order valence-electron chi connectivity index (χ4n) is 2.46. The highest BCUT2D eigenvalue weighted by Crippen LogP contribution is 2.12. The normalized spacial score (nSPS) is 16.7. The summed E-state index contributed by atoms with van der Waals surface area (Å²) in [5.41, 5.74) is 3.07. The molecule has 1 saturated heterocycles. The minimum absolute atomic E-state index is 0. The number of aromatic hydroxyl groups is 1. The molecule has 0 atom stereocenters. The fourth-order valence-corrected chi connectivity index (χ4v) is 2.46. The van der Waals surface area contributed by atoms with Crippen molar-refractivity contribution in [3.8, 4) is 5.75 Å². The maximum absolute atomic E-state index is 11.7. The first-order chi connectivity index (χ1) is 10.6. The third kappa shape index (κ3) is 6.68. The van der Waals surface area contributed by atoms with Crippen LogP contribution >= 0.6 is 0 Å². The number of benzene rings is 1. The van der Waals surface area contributed by atoms with Crippen LogP contribution in [0.2, 0.25) is 0 Å². The molecule has 0 spiro atoms. The minimum Gasteiger partial charge on any atom is -1.00 e. The van der Waals surface area contributed by atoms with Gasteiger partial charge in [-0.15, -0.1) is 0 Å². The van der Waals surface area contributed by atoms with Gasteiger partial charge in [0.2, 0.25) is 5.91 Å². The van der Waals surface area contributed by atoms with Crippen molar-refractivity contribution in [3.05, 3.63) is 29.8 Å². The van der Waals surface area contributed by atoms with Crippen LogP contribution in [-0.2, 0) is 9.53 Å². The van der Waals surface area contributed by atoms with Gasteiger partial charge in [-0.05, 0) is 12.1 Å². The molecule has 2 N–H and O–H groups in total. The van der Waals surface area contributed by atoms with Gasteiger partial charge in [-0.1, -0.05) is 12.1 Å². The number of carbonyl (C=O) groups is 1. The average molecular weight is 386 g/mol. The standard InChI is InChI=1S/C16H23N3O3.BrH/c1-19(9-11-22-12-10-19)8-4-7-16(21)18-17-13-14-5-2-3-6-15(14)20;/h2-3,5-6,13H,4,7-12H2,1H3,(H-,17,18,20,21);1H. The number of phenols is 1. The number of carbonyl (C=O) groups excluding carboxylic acids is 1. The van der Waals surface area contributed by atoms with Gasteiger partial charge in [0.1, 0.15) is 18.8 Å². The van der Waals surface area contributed by atoms with Gasteiger partial charge in [-0.3, -0.25) is 4.79 Å². The second kappa shape index (κ2) is 9.64. The van der Waals surface area contributed by atoms with Crippen LogP contribution in [0.3, 0.4) is 0 Å². The maximum atomic E-state index is 11.7. The number of hydrogen-bond acceptors (Lipinski definition) is 4. The van der Waals surface area contributed by atoms with Crippen molar-refractivity contribution in [3.63, 3.8) is 0 Å². The zero-order chi connectivity index (χ0) is 15.8. The van der Waals surface area contributed by atoms with E-state index in [1.165, 1.54) is 6.21 Å². The molecule has 1 aromatic carbocycles. The summed E-state index contributed by atoms with van der Waals surface area (Å²) < 4.78 is 6.33. The van der Waals surface area contributed by atoms with E-state index in [0.717, 1.165) is 43.8 Å². The predicted molar refractivity (Wildman–Crippen MR) is 84.7 cm³/mol. The van der Waals surface area contributed by atoms with E-state index >= 15 is 0 Å². The molecule has 6 nitrogen and oxygen atoms in total. The highest BCUT2D eigenvalue weighted by molar-refractivity contribution is 5.84. The summed E-state index contributed by atoms with van der Waals surface area (Å²) in [7, 11) is 2.21. The second-order valence-corrected chi connectivity index (χ2v) is 5.86. The topological polar surface area (TPSA) is 70.9 Å². The van der Waals surface area contributed by atoms with Crippen LogP contribution in [0, 0.1) is 0 Å². The first kappa shape index (κ1) is 19.6. The predicted octanol–water partition coefficient (Wildman–Crippen LogP) is -1.90. The molecule has 1 amide bonds. The number of nitrogens with zero attached hydrogens (tertiary/aromatic N) is 2. The van der Waals surface area contributed by atoms with Gasteiger partial charge >= 0.3 is 0 Å². The highest BCUT2D eigenvalue weighted by Gasteiger charge is 2.24. The number of para-hydroxylation sites is 1. The highest BCUT2D eigenvalue weighted by atomic mass is 79.9. The van der Waals surface area contributed by atoms with Crippen LogP contribution in [0.4, 0.5) is 0 Å². The van der Waals surface area contributed by atoms with Gasteiger partial charge in [0.25, 0.3) is 0 Å². The zero-order valence-electron chi connectivity index (χ0n) is 13.4. The van der Waals surface area contributed by atoms with E-state index in [1.54, 1.807) is 24.3 Å². The number of amides is 1.